The summed E-state index contributed by atoms with van der Waals surface area (Å²) in [6.07, 6.45) is 8.86. The van der Waals surface area contributed by atoms with Gasteiger partial charge in [-0.15, -0.1) is 0 Å². The van der Waals surface area contributed by atoms with E-state index in [1.807, 2.05) is 50.6 Å². The molecule has 0 radical (unpaired) electrons. The first-order valence-electron chi connectivity index (χ1n) is 13.2. The normalized spacial score (nSPS) is 16.8. The number of nitrogens with zero attached hydrogens (tertiary/aromatic N) is 3. The van der Waals surface area contributed by atoms with Gasteiger partial charge in [-0.3, -0.25) is 14.9 Å². The summed E-state index contributed by atoms with van der Waals surface area (Å²) >= 11 is 0. The van der Waals surface area contributed by atoms with Crippen LogP contribution in [0.25, 0.3) is 33.0 Å². The van der Waals surface area contributed by atoms with Crippen LogP contribution in [0, 0.1) is 0 Å². The Morgan fingerprint density at radius 1 is 0.838 bits per heavy atom. The molecule has 4 heterocycles. The number of hydrogen-bond donors (Lipinski definition) is 2. The SMILES string of the molecule is CN(C)c1cccc2c(C3=C(c4c[nH]c5ccccc45)C(=O)NC3=O)cn(CCCN3CCCCC3)c12. The van der Waals surface area contributed by atoms with Crippen LogP contribution in [0.5, 0.6) is 0 Å². The van der Waals surface area contributed by atoms with Gasteiger partial charge in [-0.05, 0) is 51.0 Å². The van der Waals surface area contributed by atoms with Crippen LogP contribution in [-0.4, -0.2) is 60.0 Å². The van der Waals surface area contributed by atoms with E-state index in [1.54, 1.807) is 0 Å². The Hall–Kier alpha value is -3.84. The summed E-state index contributed by atoms with van der Waals surface area (Å²) in [5, 5.41) is 4.49. The van der Waals surface area contributed by atoms with Crippen molar-refractivity contribution < 1.29 is 9.59 Å². The lowest BCUT2D eigenvalue weighted by molar-refractivity contribution is -0.122. The van der Waals surface area contributed by atoms with Crippen LogP contribution in [-0.2, 0) is 16.1 Å². The molecule has 2 aliphatic heterocycles. The molecular weight excluding hydrogens is 462 g/mol. The third-order valence-corrected chi connectivity index (χ3v) is 7.74. The number of fused-ring (bicyclic) bond motifs is 2. The predicted octanol–water partition coefficient (Wildman–Crippen LogP) is 4.63. The maximum absolute atomic E-state index is 13.3. The number of nitrogens with one attached hydrogen (secondary N) is 2. The van der Waals surface area contributed by atoms with Gasteiger partial charge in [-0.1, -0.05) is 36.8 Å². The van der Waals surface area contributed by atoms with Crippen LogP contribution >= 0.6 is 0 Å². The number of amides is 2. The third kappa shape index (κ3) is 4.13. The average molecular weight is 496 g/mol. The fraction of sp³-hybridized carbons (Fsp3) is 0.333. The summed E-state index contributed by atoms with van der Waals surface area (Å²) in [6.45, 7) is 4.29. The van der Waals surface area contributed by atoms with Gasteiger partial charge < -0.3 is 19.4 Å². The number of imide groups is 1. The highest BCUT2D eigenvalue weighted by atomic mass is 16.2. The van der Waals surface area contributed by atoms with E-state index in [4.69, 9.17) is 0 Å². The van der Waals surface area contributed by atoms with Crippen LogP contribution in [0.3, 0.4) is 0 Å². The Bertz CT molecular complexity index is 1530. The number of carbonyl (C=O) groups is 2. The smallest absolute Gasteiger partial charge is 0.259 e. The summed E-state index contributed by atoms with van der Waals surface area (Å²) < 4.78 is 2.28. The van der Waals surface area contributed by atoms with E-state index >= 15 is 0 Å². The molecule has 6 rings (SSSR count). The number of carbonyl (C=O) groups excluding carboxylic acids is 2. The number of anilines is 1. The zero-order chi connectivity index (χ0) is 25.5. The van der Waals surface area contributed by atoms with Gasteiger partial charge in [0.15, 0.2) is 0 Å². The lowest BCUT2D eigenvalue weighted by Crippen LogP contribution is -2.31. The van der Waals surface area contributed by atoms with Crippen LogP contribution in [0.2, 0.25) is 0 Å². The Balaban J connectivity index is 1.48. The van der Waals surface area contributed by atoms with Crippen LogP contribution in [0.4, 0.5) is 5.69 Å². The molecule has 7 heteroatoms. The van der Waals surface area contributed by atoms with Crippen molar-refractivity contribution in [2.24, 2.45) is 0 Å². The highest BCUT2D eigenvalue weighted by Crippen LogP contribution is 2.40. The molecule has 2 aromatic heterocycles. The second kappa shape index (κ2) is 9.56. The molecule has 7 nitrogen and oxygen atoms in total. The maximum atomic E-state index is 13.3. The van der Waals surface area contributed by atoms with Crippen molar-refractivity contribution in [2.75, 3.05) is 38.6 Å². The molecule has 2 aliphatic rings. The molecule has 0 aliphatic carbocycles. The summed E-state index contributed by atoms with van der Waals surface area (Å²) in [4.78, 5) is 34.4. The molecule has 2 N–H and O–H groups in total. The minimum Gasteiger partial charge on any atom is -0.376 e. The predicted molar refractivity (Wildman–Crippen MR) is 149 cm³/mol. The zero-order valence-corrected chi connectivity index (χ0v) is 21.5. The highest BCUT2D eigenvalue weighted by Gasteiger charge is 2.35. The fourth-order valence-corrected chi connectivity index (χ4v) is 5.97. The number of rotatable bonds is 7. The van der Waals surface area contributed by atoms with Gasteiger partial charge in [-0.25, -0.2) is 0 Å². The molecule has 0 bridgehead atoms. The molecule has 4 aromatic rings. The monoisotopic (exact) mass is 495 g/mol. The van der Waals surface area contributed by atoms with E-state index in [2.05, 4.69) is 43.0 Å². The Morgan fingerprint density at radius 3 is 2.35 bits per heavy atom. The van der Waals surface area contributed by atoms with Gasteiger partial charge in [0.1, 0.15) is 0 Å². The van der Waals surface area contributed by atoms with E-state index in [-0.39, 0.29) is 11.8 Å². The van der Waals surface area contributed by atoms with Gasteiger partial charge in [0.25, 0.3) is 11.8 Å². The Kier molecular flexibility index (Phi) is 6.08. The molecule has 37 heavy (non-hydrogen) atoms. The first-order valence-corrected chi connectivity index (χ1v) is 13.2. The number of benzene rings is 2. The summed E-state index contributed by atoms with van der Waals surface area (Å²) in [5.74, 6) is -0.688. The summed E-state index contributed by atoms with van der Waals surface area (Å²) in [6, 6.07) is 14.1. The second-order valence-electron chi connectivity index (χ2n) is 10.3. The second-order valence-corrected chi connectivity index (χ2v) is 10.3. The lowest BCUT2D eigenvalue weighted by Gasteiger charge is -2.26. The number of hydrogen-bond acceptors (Lipinski definition) is 4. The number of aryl methyl sites for hydroxylation is 1. The molecular formula is C30H33N5O2. The van der Waals surface area contributed by atoms with E-state index in [1.165, 1.54) is 32.4 Å². The number of aromatic nitrogens is 2. The molecule has 1 fully saturated rings. The van der Waals surface area contributed by atoms with E-state index in [9.17, 15) is 9.59 Å². The number of para-hydroxylation sites is 2. The van der Waals surface area contributed by atoms with E-state index < -0.39 is 0 Å². The van der Waals surface area contributed by atoms with Crippen molar-refractivity contribution in [3.05, 3.63) is 66.0 Å². The molecule has 0 unspecified atom stereocenters. The van der Waals surface area contributed by atoms with Gasteiger partial charge in [0.2, 0.25) is 0 Å². The molecule has 2 aromatic carbocycles. The van der Waals surface area contributed by atoms with Gasteiger partial charge >= 0.3 is 0 Å². The first-order chi connectivity index (χ1) is 18.0. The Labute approximate surface area is 216 Å². The highest BCUT2D eigenvalue weighted by molar-refractivity contribution is 6.50. The van der Waals surface area contributed by atoms with Crippen molar-refractivity contribution >= 4 is 50.5 Å². The molecule has 2 amide bonds. The number of piperidine rings is 1. The largest absolute Gasteiger partial charge is 0.376 e. The molecule has 1 saturated heterocycles. The molecule has 0 saturated carbocycles. The Morgan fingerprint density at radius 2 is 1.57 bits per heavy atom. The van der Waals surface area contributed by atoms with Crippen LogP contribution < -0.4 is 10.2 Å². The van der Waals surface area contributed by atoms with Gasteiger partial charge in [0, 0.05) is 60.4 Å². The standard InChI is InChI=1S/C30H33N5O2/c1-33(2)25-13-8-11-21-23(19-35(28(21)25)17-9-16-34-14-6-3-7-15-34)27-26(29(36)32-30(27)37)22-18-31-24-12-5-4-10-20(22)24/h4-5,8,10-13,18-19,31H,3,6-7,9,14-17H2,1-2H3,(H,32,36,37). The maximum Gasteiger partial charge on any atom is 0.259 e. The molecule has 0 spiro atoms. The number of H-pyrrole nitrogens is 1. The van der Waals surface area contributed by atoms with E-state index in [0.717, 1.165) is 58.1 Å². The number of aromatic amines is 1. The zero-order valence-electron chi connectivity index (χ0n) is 21.5. The minimum atomic E-state index is -0.348. The number of likely N-dealkylation sites (tertiary alicyclic amines) is 1. The van der Waals surface area contributed by atoms with Crippen LogP contribution in [0.1, 0.15) is 36.8 Å². The van der Waals surface area contributed by atoms with Crippen molar-refractivity contribution in [1.82, 2.24) is 19.8 Å². The average Bonchev–Trinajstić information content (AvgIpc) is 3.57. The van der Waals surface area contributed by atoms with Gasteiger partial charge in [0.05, 0.1) is 22.4 Å². The van der Waals surface area contributed by atoms with Crippen molar-refractivity contribution in [1.29, 1.82) is 0 Å². The third-order valence-electron chi connectivity index (χ3n) is 7.74. The van der Waals surface area contributed by atoms with Crippen molar-refractivity contribution in [3.63, 3.8) is 0 Å². The molecule has 190 valence electrons. The van der Waals surface area contributed by atoms with Gasteiger partial charge in [-0.2, -0.15) is 0 Å². The summed E-state index contributed by atoms with van der Waals surface area (Å²) in [7, 11) is 4.09. The van der Waals surface area contributed by atoms with Crippen molar-refractivity contribution in [3.8, 4) is 0 Å². The minimum absolute atomic E-state index is 0.340. The van der Waals surface area contributed by atoms with Crippen LogP contribution in [0.15, 0.2) is 54.9 Å². The fourth-order valence-electron chi connectivity index (χ4n) is 5.97. The molecule has 0 atom stereocenters. The summed E-state index contributed by atoms with van der Waals surface area (Å²) in [5.41, 5.74) is 5.57. The van der Waals surface area contributed by atoms with E-state index in [0.29, 0.717) is 11.1 Å². The topological polar surface area (TPSA) is 73.4 Å². The quantitative estimate of drug-likeness (QED) is 0.367. The first kappa shape index (κ1) is 23.6. The lowest BCUT2D eigenvalue weighted by atomic mass is 9.95. The van der Waals surface area contributed by atoms with Crippen molar-refractivity contribution in [2.45, 2.75) is 32.2 Å².